The predicted molar refractivity (Wildman–Crippen MR) is 146 cm³/mol. The second-order valence-electron chi connectivity index (χ2n) is 12.1. The smallest absolute Gasteiger partial charge is 0.347 e. The first-order valence-electron chi connectivity index (χ1n) is 13.4. The van der Waals surface area contributed by atoms with Crippen LogP contribution < -0.4 is 4.74 Å². The van der Waals surface area contributed by atoms with Gasteiger partial charge in [0.05, 0.1) is 17.7 Å². The SMILES string of the molecule is CC(C)(Oc1ccc(CCCC2=NN(Cc3ccc(C(C)(C)C)cc3)C(=O)C23CCCC3)cc1)C(=O)O. The first kappa shape index (κ1) is 26.9. The molecule has 1 heterocycles. The number of amides is 1. The summed E-state index contributed by atoms with van der Waals surface area (Å²) in [5, 5.41) is 15.9. The van der Waals surface area contributed by atoms with Gasteiger partial charge in [-0.15, -0.1) is 0 Å². The van der Waals surface area contributed by atoms with E-state index >= 15 is 0 Å². The molecule has 2 aromatic carbocycles. The highest BCUT2D eigenvalue weighted by molar-refractivity contribution is 6.12. The van der Waals surface area contributed by atoms with Crippen LogP contribution in [0.25, 0.3) is 0 Å². The second kappa shape index (κ2) is 10.3. The molecule has 1 spiro atoms. The van der Waals surface area contributed by atoms with E-state index in [0.29, 0.717) is 12.3 Å². The third kappa shape index (κ3) is 5.89. The molecule has 1 amide bonds. The van der Waals surface area contributed by atoms with Gasteiger partial charge in [-0.2, -0.15) is 5.10 Å². The Morgan fingerprint density at radius 1 is 0.946 bits per heavy atom. The highest BCUT2D eigenvalue weighted by atomic mass is 16.5. The predicted octanol–water partition coefficient (Wildman–Crippen LogP) is 6.51. The number of nitrogens with zero attached hydrogens (tertiary/aromatic N) is 2. The normalized spacial score (nSPS) is 17.4. The van der Waals surface area contributed by atoms with E-state index < -0.39 is 17.0 Å². The molecule has 0 bridgehead atoms. The minimum Gasteiger partial charge on any atom is -0.478 e. The van der Waals surface area contributed by atoms with E-state index in [1.807, 2.05) is 24.3 Å². The van der Waals surface area contributed by atoms with Crippen molar-refractivity contribution in [2.45, 2.75) is 97.1 Å². The summed E-state index contributed by atoms with van der Waals surface area (Å²) in [6.45, 7) is 10.2. The zero-order chi connectivity index (χ0) is 26.8. The van der Waals surface area contributed by atoms with Crippen LogP contribution >= 0.6 is 0 Å². The van der Waals surface area contributed by atoms with Crippen LogP contribution in [0.4, 0.5) is 0 Å². The number of aryl methyl sites for hydroxylation is 1. The van der Waals surface area contributed by atoms with Crippen LogP contribution in [-0.2, 0) is 28.0 Å². The molecule has 1 aliphatic heterocycles. The number of rotatable bonds is 9. The zero-order valence-electron chi connectivity index (χ0n) is 22.8. The average Bonchev–Trinajstić information content (AvgIpc) is 3.42. The van der Waals surface area contributed by atoms with Crippen molar-refractivity contribution in [3.05, 3.63) is 65.2 Å². The topological polar surface area (TPSA) is 79.2 Å². The maximum atomic E-state index is 13.6. The molecule has 1 N–H and O–H groups in total. The highest BCUT2D eigenvalue weighted by Crippen LogP contribution is 2.46. The van der Waals surface area contributed by atoms with Gasteiger partial charge in [-0.05, 0) is 80.2 Å². The van der Waals surface area contributed by atoms with E-state index in [4.69, 9.17) is 9.84 Å². The molecular weight excluding hydrogens is 464 g/mol. The van der Waals surface area contributed by atoms with E-state index in [0.717, 1.165) is 61.8 Å². The Kier molecular flexibility index (Phi) is 7.50. The van der Waals surface area contributed by atoms with Crippen molar-refractivity contribution in [3.63, 3.8) is 0 Å². The van der Waals surface area contributed by atoms with Crippen molar-refractivity contribution in [2.75, 3.05) is 0 Å². The molecule has 1 saturated carbocycles. The number of hydrazone groups is 1. The Labute approximate surface area is 220 Å². The van der Waals surface area contributed by atoms with Crippen molar-refractivity contribution in [3.8, 4) is 5.75 Å². The molecule has 0 atom stereocenters. The molecule has 0 saturated heterocycles. The summed E-state index contributed by atoms with van der Waals surface area (Å²) in [6.07, 6.45) is 6.52. The maximum absolute atomic E-state index is 13.6. The minimum atomic E-state index is -1.27. The second-order valence-corrected chi connectivity index (χ2v) is 12.1. The lowest BCUT2D eigenvalue weighted by Gasteiger charge is -2.24. The number of hydrogen-bond acceptors (Lipinski definition) is 4. The van der Waals surface area contributed by atoms with Crippen molar-refractivity contribution in [2.24, 2.45) is 10.5 Å². The van der Waals surface area contributed by atoms with Crippen LogP contribution in [0.15, 0.2) is 53.6 Å². The summed E-state index contributed by atoms with van der Waals surface area (Å²) < 4.78 is 5.60. The molecular formula is C31H40N2O4. The molecule has 4 rings (SSSR count). The van der Waals surface area contributed by atoms with Crippen molar-refractivity contribution < 1.29 is 19.4 Å². The van der Waals surface area contributed by atoms with Gasteiger partial charge < -0.3 is 9.84 Å². The van der Waals surface area contributed by atoms with Gasteiger partial charge in [-0.25, -0.2) is 9.80 Å². The van der Waals surface area contributed by atoms with Gasteiger partial charge in [0, 0.05) is 0 Å². The van der Waals surface area contributed by atoms with Gasteiger partial charge in [0.15, 0.2) is 5.60 Å². The lowest BCUT2D eigenvalue weighted by atomic mass is 9.79. The molecule has 1 aliphatic carbocycles. The van der Waals surface area contributed by atoms with E-state index in [9.17, 15) is 14.7 Å². The van der Waals surface area contributed by atoms with Crippen LogP contribution in [0.5, 0.6) is 5.75 Å². The molecule has 0 radical (unpaired) electrons. The number of benzene rings is 2. The summed E-state index contributed by atoms with van der Waals surface area (Å²) in [7, 11) is 0. The largest absolute Gasteiger partial charge is 0.478 e. The summed E-state index contributed by atoms with van der Waals surface area (Å²) in [6, 6.07) is 16.2. The first-order valence-corrected chi connectivity index (χ1v) is 13.4. The molecule has 0 aromatic heterocycles. The molecule has 0 unspecified atom stereocenters. The fraction of sp³-hybridized carbons (Fsp3) is 0.516. The molecule has 2 aliphatic rings. The Balaban J connectivity index is 1.40. The van der Waals surface area contributed by atoms with Gasteiger partial charge in [0.25, 0.3) is 5.91 Å². The van der Waals surface area contributed by atoms with Crippen molar-refractivity contribution in [1.29, 1.82) is 0 Å². The monoisotopic (exact) mass is 504 g/mol. The molecule has 198 valence electrons. The number of carboxylic acid groups (broad SMARTS) is 1. The number of ether oxygens (including phenoxy) is 1. The van der Waals surface area contributed by atoms with Gasteiger partial charge in [-0.1, -0.05) is 70.0 Å². The number of carbonyl (C=O) groups excluding carboxylic acids is 1. The van der Waals surface area contributed by atoms with Crippen LogP contribution in [-0.4, -0.2) is 33.3 Å². The van der Waals surface area contributed by atoms with E-state index in [2.05, 4.69) is 45.0 Å². The summed E-state index contributed by atoms with van der Waals surface area (Å²) in [5.41, 5.74) is 3.00. The Bertz CT molecular complexity index is 1150. The standard InChI is InChI=1S/C31H40N2O4/c1-29(2,3)24-15-11-23(12-16-24)21-33-27(34)31(19-6-7-20-31)26(32-33)10-8-9-22-13-17-25(18-14-22)37-30(4,5)28(35)36/h11-18H,6-10,19-21H2,1-5H3,(H,35,36). The molecule has 2 aromatic rings. The highest BCUT2D eigenvalue weighted by Gasteiger charge is 2.51. The number of carbonyl (C=O) groups is 2. The Morgan fingerprint density at radius 2 is 1.54 bits per heavy atom. The number of carboxylic acids is 1. The van der Waals surface area contributed by atoms with Gasteiger partial charge in [-0.3, -0.25) is 4.79 Å². The van der Waals surface area contributed by atoms with Crippen LogP contribution in [0.3, 0.4) is 0 Å². The Morgan fingerprint density at radius 3 is 2.11 bits per heavy atom. The van der Waals surface area contributed by atoms with Gasteiger partial charge in [0.1, 0.15) is 5.75 Å². The minimum absolute atomic E-state index is 0.101. The van der Waals surface area contributed by atoms with E-state index in [-0.39, 0.29) is 11.3 Å². The van der Waals surface area contributed by atoms with Gasteiger partial charge in [0.2, 0.25) is 0 Å². The Hall–Kier alpha value is -3.15. The molecule has 1 fully saturated rings. The van der Waals surface area contributed by atoms with E-state index in [1.165, 1.54) is 19.4 Å². The first-order chi connectivity index (χ1) is 17.4. The van der Waals surface area contributed by atoms with Crippen LogP contribution in [0.2, 0.25) is 0 Å². The van der Waals surface area contributed by atoms with Gasteiger partial charge >= 0.3 is 5.97 Å². The quantitative estimate of drug-likeness (QED) is 0.422. The van der Waals surface area contributed by atoms with Crippen LogP contribution in [0.1, 0.15) is 89.8 Å². The molecule has 6 heteroatoms. The average molecular weight is 505 g/mol. The van der Waals surface area contributed by atoms with E-state index in [1.54, 1.807) is 5.01 Å². The summed E-state index contributed by atoms with van der Waals surface area (Å²) in [5.74, 6) is -0.291. The lowest BCUT2D eigenvalue weighted by Crippen LogP contribution is -2.37. The molecule has 37 heavy (non-hydrogen) atoms. The fourth-order valence-corrected chi connectivity index (χ4v) is 5.34. The van der Waals surface area contributed by atoms with Crippen molar-refractivity contribution >= 4 is 17.6 Å². The maximum Gasteiger partial charge on any atom is 0.347 e. The van der Waals surface area contributed by atoms with Crippen LogP contribution in [0, 0.1) is 5.41 Å². The lowest BCUT2D eigenvalue weighted by molar-refractivity contribution is -0.152. The zero-order valence-corrected chi connectivity index (χ0v) is 22.8. The third-order valence-corrected chi connectivity index (χ3v) is 7.74. The number of hydrogen-bond donors (Lipinski definition) is 1. The fourth-order valence-electron chi connectivity index (χ4n) is 5.34. The molecule has 6 nitrogen and oxygen atoms in total. The summed E-state index contributed by atoms with van der Waals surface area (Å²) >= 11 is 0. The third-order valence-electron chi connectivity index (χ3n) is 7.74. The number of aliphatic carboxylic acids is 1. The van der Waals surface area contributed by atoms with Crippen molar-refractivity contribution in [1.82, 2.24) is 5.01 Å². The summed E-state index contributed by atoms with van der Waals surface area (Å²) in [4.78, 5) is 24.9.